The molecule has 3 N–H and O–H groups in total. The van der Waals surface area contributed by atoms with Crippen LogP contribution in [0.5, 0.6) is 5.75 Å². The number of halogens is 3. The topological polar surface area (TPSA) is 126 Å². The molecule has 1 heterocycles. The summed E-state index contributed by atoms with van der Waals surface area (Å²) in [5, 5.41) is 6.97. The largest absolute Gasteiger partial charge is 0.543 e. The van der Waals surface area contributed by atoms with Gasteiger partial charge in [-0.2, -0.15) is 0 Å². The van der Waals surface area contributed by atoms with E-state index in [-0.39, 0.29) is 29.7 Å². The molecule has 3 atom stereocenters. The van der Waals surface area contributed by atoms with E-state index >= 15 is 0 Å². The van der Waals surface area contributed by atoms with Crippen molar-refractivity contribution >= 4 is 66.8 Å². The maximum absolute atomic E-state index is 14.0. The second kappa shape index (κ2) is 17.2. The Kier molecular flexibility index (Phi) is 14.9. The van der Waals surface area contributed by atoms with Gasteiger partial charge in [-0.05, 0) is 61.0 Å². The lowest BCUT2D eigenvalue weighted by molar-refractivity contribution is -0.153. The van der Waals surface area contributed by atoms with Crippen molar-refractivity contribution in [3.8, 4) is 5.75 Å². The zero-order chi connectivity index (χ0) is 34.9. The van der Waals surface area contributed by atoms with Crippen molar-refractivity contribution in [1.29, 1.82) is 0 Å². The van der Waals surface area contributed by atoms with Crippen LogP contribution in [0.1, 0.15) is 65.9 Å². The van der Waals surface area contributed by atoms with Crippen molar-refractivity contribution in [2.45, 2.75) is 107 Å². The molecule has 2 rings (SSSR count). The van der Waals surface area contributed by atoms with Crippen LogP contribution >= 0.6 is 34.8 Å². The number of rotatable bonds is 14. The molecule has 1 aromatic rings. The molecule has 46 heavy (non-hydrogen) atoms. The fourth-order valence-electron chi connectivity index (χ4n) is 4.45. The minimum absolute atomic E-state index is 0.0200. The smallest absolute Gasteiger partial charge is 0.325 e. The highest BCUT2D eigenvalue weighted by atomic mass is 35.6. The van der Waals surface area contributed by atoms with E-state index in [1.165, 1.54) is 5.01 Å². The summed E-state index contributed by atoms with van der Waals surface area (Å²) in [5.41, 5.74) is 3.69. The molecular formula is C32H49Cl3N4O6Si. The van der Waals surface area contributed by atoms with Crippen molar-refractivity contribution in [3.63, 3.8) is 0 Å². The molecule has 3 amide bonds. The van der Waals surface area contributed by atoms with Gasteiger partial charge in [0, 0.05) is 19.4 Å². The molecule has 1 aliphatic rings. The molecule has 0 spiro atoms. The number of benzene rings is 1. The predicted molar refractivity (Wildman–Crippen MR) is 185 cm³/mol. The van der Waals surface area contributed by atoms with Gasteiger partial charge in [-0.25, -0.2) is 5.43 Å². The Bertz CT molecular complexity index is 1230. The van der Waals surface area contributed by atoms with Crippen LogP contribution in [0.2, 0.25) is 18.1 Å². The number of carbonyl (C=O) groups is 4. The fourth-order valence-corrected chi connectivity index (χ4v) is 5.64. The van der Waals surface area contributed by atoms with Gasteiger partial charge in [-0.15, -0.1) is 6.58 Å². The first kappa shape index (κ1) is 39.9. The first-order chi connectivity index (χ1) is 21.2. The highest BCUT2D eigenvalue weighted by Gasteiger charge is 2.39. The second-order valence-electron chi connectivity index (χ2n) is 13.4. The first-order valence-corrected chi connectivity index (χ1v) is 19.6. The highest BCUT2D eigenvalue weighted by Crippen LogP contribution is 2.37. The summed E-state index contributed by atoms with van der Waals surface area (Å²) in [7, 11) is -2.14. The van der Waals surface area contributed by atoms with Gasteiger partial charge in [-0.3, -0.25) is 24.2 Å². The number of amides is 3. The summed E-state index contributed by atoms with van der Waals surface area (Å²) >= 11 is 17.2. The van der Waals surface area contributed by atoms with Gasteiger partial charge in [0.1, 0.15) is 30.5 Å². The number of alkyl halides is 3. The van der Waals surface area contributed by atoms with Crippen molar-refractivity contribution in [2.75, 3.05) is 13.2 Å². The van der Waals surface area contributed by atoms with E-state index < -0.39 is 54.6 Å². The molecule has 0 unspecified atom stereocenters. The third-order valence-electron chi connectivity index (χ3n) is 8.09. The molecule has 0 radical (unpaired) electrons. The molecule has 1 fully saturated rings. The van der Waals surface area contributed by atoms with E-state index in [2.05, 4.69) is 56.5 Å². The maximum atomic E-state index is 14.0. The van der Waals surface area contributed by atoms with Crippen LogP contribution < -0.4 is 20.5 Å². The number of hydrogen-bond acceptors (Lipinski definition) is 7. The van der Waals surface area contributed by atoms with Crippen molar-refractivity contribution < 1.29 is 28.3 Å². The van der Waals surface area contributed by atoms with E-state index in [1.54, 1.807) is 6.08 Å². The van der Waals surface area contributed by atoms with Crippen LogP contribution in [0, 0.1) is 5.92 Å². The number of allylic oxidation sites excluding steroid dienone is 1. The zero-order valence-electron chi connectivity index (χ0n) is 27.9. The molecular weight excluding hydrogens is 671 g/mol. The van der Waals surface area contributed by atoms with E-state index in [4.69, 9.17) is 44.0 Å². The maximum Gasteiger partial charge on any atom is 0.325 e. The van der Waals surface area contributed by atoms with Gasteiger partial charge in [0.25, 0.3) is 5.91 Å². The molecule has 1 aromatic carbocycles. The molecule has 258 valence electrons. The predicted octanol–water partition coefficient (Wildman–Crippen LogP) is 5.61. The van der Waals surface area contributed by atoms with Crippen LogP contribution in [-0.2, 0) is 30.3 Å². The average Bonchev–Trinajstić information content (AvgIpc) is 2.95. The molecule has 0 bridgehead atoms. The molecule has 0 saturated carbocycles. The Balaban J connectivity index is 2.35. The number of esters is 1. The van der Waals surface area contributed by atoms with E-state index in [0.717, 1.165) is 5.56 Å². The van der Waals surface area contributed by atoms with Crippen molar-refractivity contribution in [2.24, 2.45) is 5.92 Å². The van der Waals surface area contributed by atoms with Crippen LogP contribution in [0.15, 0.2) is 36.9 Å². The quantitative estimate of drug-likeness (QED) is 0.0988. The summed E-state index contributed by atoms with van der Waals surface area (Å²) in [5.74, 6) is -1.48. The van der Waals surface area contributed by atoms with Crippen LogP contribution in [0.3, 0.4) is 0 Å². The molecule has 0 aliphatic carbocycles. The fraction of sp³-hybridized carbons (Fsp3) is 0.625. The van der Waals surface area contributed by atoms with E-state index in [1.807, 2.05) is 38.1 Å². The highest BCUT2D eigenvalue weighted by molar-refractivity contribution is 6.74. The summed E-state index contributed by atoms with van der Waals surface area (Å²) in [6.07, 6.45) is 3.33. The molecule has 0 aromatic heterocycles. The Morgan fingerprint density at radius 3 is 2.41 bits per heavy atom. The van der Waals surface area contributed by atoms with Gasteiger partial charge in [-0.1, -0.05) is 87.6 Å². The SMILES string of the molecule is C=CCCC(=O)N[C@H](C(=O)N[C@@H](Cc1cccc(O[Si](C)(C)C(C)(C)C)c1)C(=O)N1CCC[C@@H](C(=O)OCC(Cl)(Cl)Cl)N1)C(C)C. The van der Waals surface area contributed by atoms with Gasteiger partial charge in [0.15, 0.2) is 0 Å². The second-order valence-corrected chi connectivity index (χ2v) is 20.7. The Morgan fingerprint density at radius 1 is 1.15 bits per heavy atom. The van der Waals surface area contributed by atoms with E-state index in [0.29, 0.717) is 31.6 Å². The number of hydrazine groups is 1. The average molecular weight is 720 g/mol. The molecule has 1 aliphatic heterocycles. The zero-order valence-corrected chi connectivity index (χ0v) is 31.2. The summed E-state index contributed by atoms with van der Waals surface area (Å²) in [6, 6.07) is 4.72. The third-order valence-corrected chi connectivity index (χ3v) is 12.8. The van der Waals surface area contributed by atoms with Crippen LogP contribution in [0.4, 0.5) is 0 Å². The van der Waals surface area contributed by atoms with Gasteiger partial charge in [0.05, 0.1) is 0 Å². The third kappa shape index (κ3) is 12.7. The summed E-state index contributed by atoms with van der Waals surface area (Å²) in [6.45, 7) is 17.9. The lowest BCUT2D eigenvalue weighted by atomic mass is 10.00. The number of nitrogens with one attached hydrogen (secondary N) is 3. The normalized spacial score (nSPS) is 17.1. The van der Waals surface area contributed by atoms with E-state index in [9.17, 15) is 19.2 Å². The summed E-state index contributed by atoms with van der Waals surface area (Å²) < 4.78 is 9.85. The number of hydrogen-bond donors (Lipinski definition) is 3. The molecule has 1 saturated heterocycles. The standard InChI is InChI=1S/C32H49Cl3N4O6Si/c1-9-10-16-26(40)37-27(21(2)3)28(41)36-25(19-22-13-11-14-23(18-22)45-46(7,8)31(4,5)6)29(42)39-17-12-15-24(38-39)30(43)44-20-32(33,34)35/h9,11,13-14,18,21,24-25,27,38H,1,10,12,15-17,19-20H2,2-8H3,(H,36,41)(H,37,40)/t24-,25-,27-/m0/s1. The van der Waals surface area contributed by atoms with Crippen molar-refractivity contribution in [3.05, 3.63) is 42.5 Å². The van der Waals surface area contributed by atoms with Crippen LogP contribution in [0.25, 0.3) is 0 Å². The lowest BCUT2D eigenvalue weighted by Crippen LogP contribution is -2.62. The Hall–Kier alpha value is -2.31. The van der Waals surface area contributed by atoms with Crippen molar-refractivity contribution in [1.82, 2.24) is 21.1 Å². The first-order valence-electron chi connectivity index (χ1n) is 15.5. The minimum atomic E-state index is -2.14. The van der Waals surface area contributed by atoms with Crippen LogP contribution in [-0.4, -0.2) is 72.1 Å². The number of carbonyl (C=O) groups excluding carboxylic acids is 4. The Labute approximate surface area is 289 Å². The molecule has 10 nitrogen and oxygen atoms in total. The van der Waals surface area contributed by atoms with Gasteiger partial charge >= 0.3 is 5.97 Å². The lowest BCUT2D eigenvalue weighted by Gasteiger charge is -2.36. The number of ether oxygens (including phenoxy) is 1. The number of nitrogens with zero attached hydrogens (tertiary/aromatic N) is 1. The Morgan fingerprint density at radius 2 is 1.83 bits per heavy atom. The van der Waals surface area contributed by atoms with Gasteiger partial charge < -0.3 is 19.8 Å². The minimum Gasteiger partial charge on any atom is -0.543 e. The monoisotopic (exact) mass is 718 g/mol. The summed E-state index contributed by atoms with van der Waals surface area (Å²) in [4.78, 5) is 52.9. The molecule has 14 heteroatoms. The van der Waals surface area contributed by atoms with Gasteiger partial charge in [0.2, 0.25) is 23.9 Å².